The number of phenols is 1. The molecule has 1 saturated heterocycles. The van der Waals surface area contributed by atoms with Crippen LogP contribution < -0.4 is 10.3 Å². The number of thioether (sulfide) groups is 1. The number of thiocarbonyl (C=S) groups is 1. The molecule has 1 fully saturated rings. The van der Waals surface area contributed by atoms with E-state index in [4.69, 9.17) is 12.2 Å². The van der Waals surface area contributed by atoms with E-state index in [1.807, 2.05) is 25.1 Å². The van der Waals surface area contributed by atoms with Crippen LogP contribution in [0.5, 0.6) is 5.75 Å². The second-order valence-electron chi connectivity index (χ2n) is 6.64. The summed E-state index contributed by atoms with van der Waals surface area (Å²) in [6.45, 7) is 2.51. The van der Waals surface area contributed by atoms with E-state index in [-0.39, 0.29) is 32.0 Å². The smallest absolute Gasteiger partial charge is 0.286 e. The summed E-state index contributed by atoms with van der Waals surface area (Å²) in [4.78, 5) is 40.5. The highest BCUT2D eigenvalue weighted by molar-refractivity contribution is 8.26. The number of nitrogens with one attached hydrogen (secondary N) is 1. The molecule has 30 heavy (non-hydrogen) atoms. The van der Waals surface area contributed by atoms with Crippen molar-refractivity contribution in [2.45, 2.75) is 13.3 Å². The standard InChI is InChI=1S/C21H17N3O4S2/c1-2-11-23-14-9-5-3-7-12(14)16(19(23)27)17-20(28)24(21(29)30-17)22-18(26)13-8-4-6-10-15(13)25/h3-10,25H,2,11H2,1H3,(H,22,26). The van der Waals surface area contributed by atoms with Crippen LogP contribution in [0.4, 0.5) is 5.69 Å². The van der Waals surface area contributed by atoms with Gasteiger partial charge in [-0.1, -0.05) is 49.0 Å². The molecular formula is C21H17N3O4S2. The summed E-state index contributed by atoms with van der Waals surface area (Å²) in [5.74, 6) is -1.73. The van der Waals surface area contributed by atoms with Crippen LogP contribution in [0, 0.1) is 0 Å². The van der Waals surface area contributed by atoms with Crippen molar-refractivity contribution in [1.29, 1.82) is 0 Å². The molecule has 0 radical (unpaired) electrons. The molecule has 0 aliphatic carbocycles. The third kappa shape index (κ3) is 3.25. The Labute approximate surface area is 182 Å². The Bertz CT molecular complexity index is 1130. The topological polar surface area (TPSA) is 90.0 Å². The number of anilines is 1. The van der Waals surface area contributed by atoms with Gasteiger partial charge in [-0.2, -0.15) is 5.01 Å². The number of aromatic hydroxyl groups is 1. The maximum Gasteiger partial charge on any atom is 0.286 e. The Kier molecular flexibility index (Phi) is 5.31. The largest absolute Gasteiger partial charge is 0.507 e. The zero-order chi connectivity index (χ0) is 21.4. The van der Waals surface area contributed by atoms with Crippen molar-refractivity contribution in [3.8, 4) is 5.75 Å². The van der Waals surface area contributed by atoms with Crippen molar-refractivity contribution in [2.24, 2.45) is 0 Å². The van der Waals surface area contributed by atoms with Crippen molar-refractivity contribution in [3.63, 3.8) is 0 Å². The molecule has 7 nitrogen and oxygen atoms in total. The number of phenolic OH excluding ortho intramolecular Hbond substituents is 1. The van der Waals surface area contributed by atoms with Gasteiger partial charge in [0, 0.05) is 12.1 Å². The quantitative estimate of drug-likeness (QED) is 0.562. The summed E-state index contributed by atoms with van der Waals surface area (Å²) >= 11 is 6.25. The number of amides is 3. The van der Waals surface area contributed by atoms with Crippen LogP contribution in [-0.4, -0.2) is 38.7 Å². The molecule has 152 valence electrons. The molecule has 4 rings (SSSR count). The fourth-order valence-corrected chi connectivity index (χ4v) is 4.64. The van der Waals surface area contributed by atoms with E-state index in [1.54, 1.807) is 23.1 Å². The van der Waals surface area contributed by atoms with Gasteiger partial charge >= 0.3 is 0 Å². The molecule has 2 aromatic carbocycles. The first-order valence-electron chi connectivity index (χ1n) is 9.24. The van der Waals surface area contributed by atoms with Gasteiger partial charge in [-0.25, -0.2) is 0 Å². The summed E-state index contributed by atoms with van der Waals surface area (Å²) in [6, 6.07) is 13.3. The lowest BCUT2D eigenvalue weighted by atomic mass is 10.1. The predicted molar refractivity (Wildman–Crippen MR) is 119 cm³/mol. The monoisotopic (exact) mass is 439 g/mol. The van der Waals surface area contributed by atoms with E-state index in [1.165, 1.54) is 12.1 Å². The molecule has 9 heteroatoms. The Morgan fingerprint density at radius 3 is 2.53 bits per heavy atom. The van der Waals surface area contributed by atoms with Crippen molar-refractivity contribution < 1.29 is 19.5 Å². The van der Waals surface area contributed by atoms with Gasteiger partial charge in [-0.3, -0.25) is 19.8 Å². The van der Waals surface area contributed by atoms with Gasteiger partial charge in [0.25, 0.3) is 17.7 Å². The zero-order valence-electron chi connectivity index (χ0n) is 15.9. The summed E-state index contributed by atoms with van der Waals surface area (Å²) in [6.07, 6.45) is 0.769. The highest BCUT2D eigenvalue weighted by Gasteiger charge is 2.42. The normalized spacial score (nSPS) is 18.2. The van der Waals surface area contributed by atoms with Gasteiger partial charge < -0.3 is 10.0 Å². The maximum absolute atomic E-state index is 13.1. The number of hydrogen-bond donors (Lipinski definition) is 2. The first-order chi connectivity index (χ1) is 14.4. The van der Waals surface area contributed by atoms with Crippen LogP contribution >= 0.6 is 24.0 Å². The summed E-state index contributed by atoms with van der Waals surface area (Å²) < 4.78 is 0.102. The fourth-order valence-electron chi connectivity index (χ4n) is 3.39. The van der Waals surface area contributed by atoms with Crippen LogP contribution in [0.3, 0.4) is 0 Å². The minimum absolute atomic E-state index is 0.00983. The Balaban J connectivity index is 1.69. The maximum atomic E-state index is 13.1. The fraction of sp³-hybridized carbons (Fsp3) is 0.143. The van der Waals surface area contributed by atoms with Gasteiger partial charge in [-0.05, 0) is 36.8 Å². The number of hydrogen-bond acceptors (Lipinski definition) is 6. The van der Waals surface area contributed by atoms with Crippen LogP contribution in [0.1, 0.15) is 29.3 Å². The zero-order valence-corrected chi connectivity index (χ0v) is 17.5. The lowest BCUT2D eigenvalue weighted by Crippen LogP contribution is -2.45. The van der Waals surface area contributed by atoms with Gasteiger partial charge in [0.2, 0.25) is 0 Å². The number of fused-ring (bicyclic) bond motifs is 1. The number of benzene rings is 2. The lowest BCUT2D eigenvalue weighted by Gasteiger charge is -2.16. The molecule has 0 atom stereocenters. The van der Waals surface area contributed by atoms with Gasteiger partial charge in [-0.15, -0.1) is 0 Å². The molecule has 0 spiro atoms. The number of carbonyl (C=O) groups excluding carboxylic acids is 3. The number of para-hydroxylation sites is 2. The molecule has 0 aromatic heterocycles. The molecule has 0 bridgehead atoms. The highest BCUT2D eigenvalue weighted by Crippen LogP contribution is 2.44. The molecule has 0 saturated carbocycles. The number of hydrazine groups is 1. The molecule has 2 aliphatic heterocycles. The van der Waals surface area contributed by atoms with E-state index in [0.29, 0.717) is 12.1 Å². The van der Waals surface area contributed by atoms with Gasteiger partial charge in [0.15, 0.2) is 4.32 Å². The average Bonchev–Trinajstić information content (AvgIpc) is 3.16. The second-order valence-corrected chi connectivity index (χ2v) is 8.29. The second kappa shape index (κ2) is 7.92. The van der Waals surface area contributed by atoms with E-state index in [9.17, 15) is 19.5 Å². The lowest BCUT2D eigenvalue weighted by molar-refractivity contribution is -0.124. The Hall–Kier alpha value is -3.17. The number of nitrogens with zero attached hydrogens (tertiary/aromatic N) is 2. The molecular weight excluding hydrogens is 422 g/mol. The minimum Gasteiger partial charge on any atom is -0.507 e. The molecule has 2 aromatic rings. The molecule has 2 N–H and O–H groups in total. The van der Waals surface area contributed by atoms with Crippen LogP contribution in [-0.2, 0) is 9.59 Å². The first-order valence-corrected chi connectivity index (χ1v) is 10.5. The summed E-state index contributed by atoms with van der Waals surface area (Å²) in [5, 5.41) is 10.8. The van der Waals surface area contributed by atoms with Gasteiger partial charge in [0.05, 0.1) is 21.7 Å². The molecule has 2 aliphatic rings. The minimum atomic E-state index is -0.679. The Morgan fingerprint density at radius 2 is 1.80 bits per heavy atom. The van der Waals surface area contributed by atoms with Crippen LogP contribution in [0.2, 0.25) is 0 Å². The van der Waals surface area contributed by atoms with Gasteiger partial charge in [0.1, 0.15) is 5.75 Å². The first kappa shape index (κ1) is 20.1. The molecule has 0 unspecified atom stereocenters. The van der Waals surface area contributed by atoms with Crippen molar-refractivity contribution >= 4 is 57.3 Å². The molecule has 3 amide bonds. The van der Waals surface area contributed by atoms with Crippen LogP contribution in [0.25, 0.3) is 5.57 Å². The third-order valence-electron chi connectivity index (χ3n) is 4.73. The highest BCUT2D eigenvalue weighted by atomic mass is 32.2. The van der Waals surface area contributed by atoms with Crippen molar-refractivity contribution in [1.82, 2.24) is 10.4 Å². The number of rotatable bonds is 4. The Morgan fingerprint density at radius 1 is 1.10 bits per heavy atom. The predicted octanol–water partition coefficient (Wildman–Crippen LogP) is 3.07. The van der Waals surface area contributed by atoms with Crippen LogP contribution in [0.15, 0.2) is 53.4 Å². The van der Waals surface area contributed by atoms with E-state index < -0.39 is 11.8 Å². The summed E-state index contributed by atoms with van der Waals surface area (Å²) in [5.41, 5.74) is 4.15. The third-order valence-corrected chi connectivity index (χ3v) is 6.10. The summed E-state index contributed by atoms with van der Waals surface area (Å²) in [7, 11) is 0. The average molecular weight is 440 g/mol. The number of carbonyl (C=O) groups is 3. The molecule has 2 heterocycles. The van der Waals surface area contributed by atoms with E-state index in [0.717, 1.165) is 28.9 Å². The SMILES string of the molecule is CCCN1C(=O)C(=C2SC(=S)N(NC(=O)c3ccccc3O)C2=O)c2ccccc21. The van der Waals surface area contributed by atoms with E-state index >= 15 is 0 Å². The van der Waals surface area contributed by atoms with E-state index in [2.05, 4.69) is 5.43 Å². The van der Waals surface area contributed by atoms with Crippen molar-refractivity contribution in [3.05, 3.63) is 64.6 Å². The van der Waals surface area contributed by atoms with Crippen molar-refractivity contribution in [2.75, 3.05) is 11.4 Å².